The molecule has 0 spiro atoms. The molecule has 1 unspecified atom stereocenters. The van der Waals surface area contributed by atoms with Gasteiger partial charge in [-0.25, -0.2) is 17.5 Å². The zero-order chi connectivity index (χ0) is 25.6. The van der Waals surface area contributed by atoms with E-state index in [4.69, 9.17) is 0 Å². The quantitative estimate of drug-likeness (QED) is 0.538. The Labute approximate surface area is 210 Å². The summed E-state index contributed by atoms with van der Waals surface area (Å²) in [5.41, 5.74) is 0.702. The molecule has 0 radical (unpaired) electrons. The van der Waals surface area contributed by atoms with Crippen LogP contribution in [0.2, 0.25) is 0 Å². The summed E-state index contributed by atoms with van der Waals surface area (Å²) in [5, 5.41) is 9.72. The van der Waals surface area contributed by atoms with Crippen molar-refractivity contribution in [3.8, 4) is 0 Å². The van der Waals surface area contributed by atoms with E-state index in [1.807, 2.05) is 45.0 Å². The molecule has 0 aliphatic carbocycles. The molecule has 192 valence electrons. The van der Waals surface area contributed by atoms with Gasteiger partial charge < -0.3 is 14.9 Å². The van der Waals surface area contributed by atoms with E-state index in [2.05, 4.69) is 17.0 Å². The molecule has 1 amide bonds. The first kappa shape index (κ1) is 27.2. The van der Waals surface area contributed by atoms with Crippen LogP contribution in [0.4, 0.5) is 4.79 Å². The van der Waals surface area contributed by atoms with Crippen LogP contribution in [-0.4, -0.2) is 78.5 Å². The summed E-state index contributed by atoms with van der Waals surface area (Å²) < 4.78 is 27.7. The first-order valence-corrected chi connectivity index (χ1v) is 13.7. The maximum Gasteiger partial charge on any atom is 0.407 e. The minimum absolute atomic E-state index is 0.0239. The molecule has 3 rings (SSSR count). The number of amides is 1. The lowest BCUT2D eigenvalue weighted by atomic mass is 9.94. The Morgan fingerprint density at radius 2 is 1.57 bits per heavy atom. The van der Waals surface area contributed by atoms with Gasteiger partial charge in [-0.15, -0.1) is 0 Å². The largest absolute Gasteiger partial charge is 0.465 e. The molecule has 1 saturated heterocycles. The van der Waals surface area contributed by atoms with Gasteiger partial charge in [-0.2, -0.15) is 0 Å². The average molecular weight is 502 g/mol. The van der Waals surface area contributed by atoms with Crippen LogP contribution in [0.15, 0.2) is 65.6 Å². The van der Waals surface area contributed by atoms with Crippen LogP contribution in [0.25, 0.3) is 0 Å². The molecule has 0 bridgehead atoms. The minimum Gasteiger partial charge on any atom is -0.465 e. The van der Waals surface area contributed by atoms with Crippen molar-refractivity contribution < 1.29 is 18.3 Å². The average Bonchev–Trinajstić information content (AvgIpc) is 2.82. The van der Waals surface area contributed by atoms with Crippen molar-refractivity contribution in [1.29, 1.82) is 0 Å². The number of carboxylic acid groups (broad SMARTS) is 1. The van der Waals surface area contributed by atoms with Crippen molar-refractivity contribution in [2.24, 2.45) is 0 Å². The number of sulfonamides is 1. The monoisotopic (exact) mass is 501 g/mol. The molecule has 1 N–H and O–H groups in total. The van der Waals surface area contributed by atoms with Crippen molar-refractivity contribution in [2.45, 2.75) is 62.4 Å². The Balaban J connectivity index is 1.65. The molecule has 1 heterocycles. The van der Waals surface area contributed by atoms with Gasteiger partial charge in [0.15, 0.2) is 0 Å². The lowest BCUT2D eigenvalue weighted by Crippen LogP contribution is -2.54. The molecule has 8 heteroatoms. The van der Waals surface area contributed by atoms with Crippen LogP contribution >= 0.6 is 0 Å². The normalized spacial score (nSPS) is 16.8. The maximum atomic E-state index is 13.1. The van der Waals surface area contributed by atoms with Crippen LogP contribution in [0, 0.1) is 0 Å². The van der Waals surface area contributed by atoms with Crippen LogP contribution < -0.4 is 0 Å². The number of hydrogen-bond donors (Lipinski definition) is 1. The lowest BCUT2D eigenvalue weighted by molar-refractivity contribution is 0.0417. The first-order valence-electron chi connectivity index (χ1n) is 12.3. The van der Waals surface area contributed by atoms with Gasteiger partial charge in [-0.3, -0.25) is 0 Å². The van der Waals surface area contributed by atoms with E-state index in [1.165, 1.54) is 4.31 Å². The summed E-state index contributed by atoms with van der Waals surface area (Å²) in [5.74, 6) is 0.0579. The van der Waals surface area contributed by atoms with E-state index < -0.39 is 21.7 Å². The van der Waals surface area contributed by atoms with Crippen LogP contribution in [0.5, 0.6) is 0 Å². The van der Waals surface area contributed by atoms with E-state index in [9.17, 15) is 18.3 Å². The highest BCUT2D eigenvalue weighted by Gasteiger charge is 2.35. The smallest absolute Gasteiger partial charge is 0.407 e. The van der Waals surface area contributed by atoms with Gasteiger partial charge in [-0.05, 0) is 70.2 Å². The molecule has 0 saturated carbocycles. The van der Waals surface area contributed by atoms with E-state index in [0.29, 0.717) is 11.4 Å². The Kier molecular flexibility index (Phi) is 8.96. The van der Waals surface area contributed by atoms with E-state index in [0.717, 1.165) is 44.5 Å². The molecule has 1 aliphatic rings. The highest BCUT2D eigenvalue weighted by atomic mass is 32.2. The standard InChI is InChI=1S/C27H39N3O4S/c1-27(2,3)30(26(31)32)24-16-19-29(20-17-24)18-15-23(22-11-7-5-8-12-22)21-28(4)35(33,34)25-13-9-6-10-14-25/h5-14,23-24H,15-21H2,1-4H3,(H,31,32). The number of benzene rings is 2. The van der Waals surface area contributed by atoms with Gasteiger partial charge in [0.2, 0.25) is 10.0 Å². The molecule has 2 aromatic rings. The highest BCUT2D eigenvalue weighted by molar-refractivity contribution is 7.89. The number of likely N-dealkylation sites (tertiary alicyclic amines) is 1. The lowest BCUT2D eigenvalue weighted by Gasteiger charge is -2.43. The maximum absolute atomic E-state index is 13.1. The van der Waals surface area contributed by atoms with E-state index in [1.54, 1.807) is 36.2 Å². The zero-order valence-electron chi connectivity index (χ0n) is 21.3. The Morgan fingerprint density at radius 1 is 1.03 bits per heavy atom. The summed E-state index contributed by atoms with van der Waals surface area (Å²) in [6, 6.07) is 18.7. The summed E-state index contributed by atoms with van der Waals surface area (Å²) in [6.07, 6.45) is 1.58. The van der Waals surface area contributed by atoms with Crippen LogP contribution in [-0.2, 0) is 10.0 Å². The fraction of sp³-hybridized carbons (Fsp3) is 0.519. The fourth-order valence-corrected chi connectivity index (χ4v) is 6.24. The topological polar surface area (TPSA) is 81.2 Å². The number of nitrogens with zero attached hydrogens (tertiary/aromatic N) is 3. The molecule has 7 nitrogen and oxygen atoms in total. The Hall–Kier alpha value is -2.42. The van der Waals surface area contributed by atoms with Crippen LogP contribution in [0.1, 0.15) is 51.5 Å². The summed E-state index contributed by atoms with van der Waals surface area (Å²) in [7, 11) is -1.92. The van der Waals surface area contributed by atoms with Crippen molar-refractivity contribution in [1.82, 2.24) is 14.1 Å². The number of hydrogen-bond acceptors (Lipinski definition) is 4. The Bertz CT molecular complexity index is 1050. The molecule has 1 atom stereocenters. The molecule has 1 aliphatic heterocycles. The van der Waals surface area contributed by atoms with Gasteiger partial charge in [0, 0.05) is 38.3 Å². The third-order valence-corrected chi connectivity index (χ3v) is 8.68. The second kappa shape index (κ2) is 11.5. The number of piperidine rings is 1. The van der Waals surface area contributed by atoms with Gasteiger partial charge >= 0.3 is 6.09 Å². The summed E-state index contributed by atoms with van der Waals surface area (Å²) in [4.78, 5) is 16.1. The van der Waals surface area contributed by atoms with Gasteiger partial charge in [0.25, 0.3) is 0 Å². The molecule has 0 aromatic heterocycles. The van der Waals surface area contributed by atoms with Gasteiger partial charge in [-0.1, -0.05) is 48.5 Å². The van der Waals surface area contributed by atoms with E-state index >= 15 is 0 Å². The van der Waals surface area contributed by atoms with Gasteiger partial charge in [0.05, 0.1) is 4.90 Å². The predicted molar refractivity (Wildman–Crippen MR) is 139 cm³/mol. The zero-order valence-corrected chi connectivity index (χ0v) is 22.1. The number of rotatable bonds is 9. The fourth-order valence-electron chi connectivity index (χ4n) is 5.00. The number of carbonyl (C=O) groups is 1. The third kappa shape index (κ3) is 7.06. The molecule has 2 aromatic carbocycles. The molecular formula is C27H39N3O4S. The Morgan fingerprint density at radius 3 is 2.09 bits per heavy atom. The highest BCUT2D eigenvalue weighted by Crippen LogP contribution is 2.27. The summed E-state index contributed by atoms with van der Waals surface area (Å²) in [6.45, 7) is 8.74. The molecule has 1 fully saturated rings. The predicted octanol–water partition coefficient (Wildman–Crippen LogP) is 4.72. The minimum atomic E-state index is -3.57. The van der Waals surface area contributed by atoms with Crippen molar-refractivity contribution >= 4 is 16.1 Å². The van der Waals surface area contributed by atoms with E-state index in [-0.39, 0.29) is 12.0 Å². The van der Waals surface area contributed by atoms with Crippen molar-refractivity contribution in [3.63, 3.8) is 0 Å². The third-order valence-electron chi connectivity index (χ3n) is 6.84. The summed E-state index contributed by atoms with van der Waals surface area (Å²) >= 11 is 0. The van der Waals surface area contributed by atoms with Gasteiger partial charge in [0.1, 0.15) is 0 Å². The first-order chi connectivity index (χ1) is 16.5. The second-order valence-electron chi connectivity index (χ2n) is 10.4. The second-order valence-corrected chi connectivity index (χ2v) is 12.4. The molecular weight excluding hydrogens is 462 g/mol. The molecule has 35 heavy (non-hydrogen) atoms. The van der Waals surface area contributed by atoms with Crippen molar-refractivity contribution in [3.05, 3.63) is 66.2 Å². The SMILES string of the molecule is CN(CC(CCN1CCC(N(C(=O)O)C(C)(C)C)CC1)c1ccccc1)S(=O)(=O)c1ccccc1. The van der Waals surface area contributed by atoms with Crippen LogP contribution in [0.3, 0.4) is 0 Å². The number of likely N-dealkylation sites (N-methyl/N-ethyl adjacent to an activating group) is 1. The van der Waals surface area contributed by atoms with Crippen molar-refractivity contribution in [2.75, 3.05) is 33.2 Å².